The Morgan fingerprint density at radius 3 is 1.53 bits per heavy atom. The molecule has 0 amide bonds. The van der Waals surface area contributed by atoms with Gasteiger partial charge in [0.1, 0.15) is 0 Å². The predicted octanol–water partition coefficient (Wildman–Crippen LogP) is 1.64. The third kappa shape index (κ3) is 3.39. The quantitative estimate of drug-likeness (QED) is 0.759. The van der Waals surface area contributed by atoms with Crippen molar-refractivity contribution in [2.75, 3.05) is 0 Å². The molecule has 0 bridgehead atoms. The van der Waals surface area contributed by atoms with Crippen LogP contribution in [-0.2, 0) is 4.12 Å². The number of benzene rings is 2. The van der Waals surface area contributed by atoms with E-state index in [-0.39, 0.29) is 1.43 Å². The van der Waals surface area contributed by atoms with Crippen LogP contribution in [0, 0.1) is 0 Å². The van der Waals surface area contributed by atoms with Crippen LogP contribution in [0.15, 0.2) is 60.7 Å². The topological polar surface area (TPSA) is 9.23 Å². The SMILES string of the molecule is C[SiH](C)O[SiH](c1ccccc1)c1ccccc1.[H+]. The summed E-state index contributed by atoms with van der Waals surface area (Å²) in [6.45, 7) is 4.48. The fourth-order valence-corrected chi connectivity index (χ4v) is 6.84. The van der Waals surface area contributed by atoms with E-state index in [1.54, 1.807) is 0 Å². The summed E-state index contributed by atoms with van der Waals surface area (Å²) in [5, 5.41) is 2.75. The molecule has 0 heterocycles. The molecule has 0 aliphatic heterocycles. The molecular weight excluding hydrogens is 240 g/mol. The Morgan fingerprint density at radius 2 is 1.18 bits per heavy atom. The van der Waals surface area contributed by atoms with E-state index in [1.165, 1.54) is 10.4 Å². The van der Waals surface area contributed by atoms with Gasteiger partial charge in [-0.15, -0.1) is 0 Å². The molecule has 0 aliphatic carbocycles. The van der Waals surface area contributed by atoms with Crippen molar-refractivity contribution < 1.29 is 5.54 Å². The van der Waals surface area contributed by atoms with E-state index >= 15 is 0 Å². The van der Waals surface area contributed by atoms with Crippen LogP contribution in [0.2, 0.25) is 13.1 Å². The highest BCUT2D eigenvalue weighted by Crippen LogP contribution is 1.96. The van der Waals surface area contributed by atoms with Gasteiger partial charge in [0.25, 0.3) is 0 Å². The number of hydrogen-bond acceptors (Lipinski definition) is 1. The molecule has 0 aromatic heterocycles. The van der Waals surface area contributed by atoms with Crippen molar-refractivity contribution in [3.05, 3.63) is 60.7 Å². The maximum Gasteiger partial charge on any atom is 1.00 e. The van der Waals surface area contributed by atoms with Gasteiger partial charge in [0.05, 0.1) is 0 Å². The van der Waals surface area contributed by atoms with Crippen molar-refractivity contribution in [2.45, 2.75) is 13.1 Å². The van der Waals surface area contributed by atoms with Gasteiger partial charge in [0, 0.05) is 0 Å². The Morgan fingerprint density at radius 1 is 0.765 bits per heavy atom. The van der Waals surface area contributed by atoms with Crippen molar-refractivity contribution in [2.24, 2.45) is 0 Å². The lowest BCUT2D eigenvalue weighted by molar-refractivity contribution is 0.620. The van der Waals surface area contributed by atoms with E-state index in [1.807, 2.05) is 0 Å². The molecule has 3 heteroatoms. The Balaban J connectivity index is 0.00000162. The molecular formula is C14H19OSi2+. The number of hydrogen-bond donors (Lipinski definition) is 0. The van der Waals surface area contributed by atoms with E-state index in [4.69, 9.17) is 4.12 Å². The first-order chi connectivity index (χ1) is 8.27. The first-order valence-electron chi connectivity index (χ1n) is 6.02. The summed E-state index contributed by atoms with van der Waals surface area (Å²) in [6, 6.07) is 21.3. The zero-order chi connectivity index (χ0) is 12.1. The van der Waals surface area contributed by atoms with Crippen LogP contribution in [0.5, 0.6) is 0 Å². The van der Waals surface area contributed by atoms with Gasteiger partial charge in [0.2, 0.25) is 9.04 Å². The van der Waals surface area contributed by atoms with Crippen LogP contribution in [0.1, 0.15) is 1.43 Å². The van der Waals surface area contributed by atoms with Crippen molar-refractivity contribution in [3.63, 3.8) is 0 Å². The second-order valence-electron chi connectivity index (χ2n) is 4.39. The molecule has 1 nitrogen and oxygen atoms in total. The Bertz CT molecular complexity index is 408. The average molecular weight is 259 g/mol. The van der Waals surface area contributed by atoms with E-state index in [9.17, 15) is 0 Å². The van der Waals surface area contributed by atoms with Crippen LogP contribution in [-0.4, -0.2) is 18.1 Å². The highest BCUT2D eigenvalue weighted by Gasteiger charge is 2.18. The van der Waals surface area contributed by atoms with Crippen LogP contribution < -0.4 is 10.4 Å². The molecule has 0 aliphatic rings. The molecule has 0 spiro atoms. The molecule has 0 N–H and O–H groups in total. The van der Waals surface area contributed by atoms with Gasteiger partial charge in [-0.2, -0.15) is 0 Å². The molecule has 2 aromatic carbocycles. The van der Waals surface area contributed by atoms with Gasteiger partial charge in [-0.05, 0) is 23.5 Å². The van der Waals surface area contributed by atoms with E-state index < -0.39 is 18.1 Å². The molecule has 0 unspecified atom stereocenters. The minimum Gasteiger partial charge on any atom is -0.454 e. The van der Waals surface area contributed by atoms with Gasteiger partial charge >= 0.3 is 1.43 Å². The first-order valence-corrected chi connectivity index (χ1v) is 10.4. The summed E-state index contributed by atoms with van der Waals surface area (Å²) in [7, 11) is -2.45. The minimum atomic E-state index is -1.45. The summed E-state index contributed by atoms with van der Waals surface area (Å²) < 4.78 is 6.30. The van der Waals surface area contributed by atoms with Crippen LogP contribution in [0.4, 0.5) is 0 Å². The molecule has 0 radical (unpaired) electrons. The summed E-state index contributed by atoms with van der Waals surface area (Å²) in [4.78, 5) is 0. The van der Waals surface area contributed by atoms with E-state index in [0.717, 1.165) is 0 Å². The predicted molar refractivity (Wildman–Crippen MR) is 80.4 cm³/mol. The highest BCUT2D eigenvalue weighted by molar-refractivity contribution is 6.84. The van der Waals surface area contributed by atoms with Crippen molar-refractivity contribution in [1.29, 1.82) is 0 Å². The van der Waals surface area contributed by atoms with Crippen LogP contribution in [0.25, 0.3) is 0 Å². The second-order valence-corrected chi connectivity index (χ2v) is 9.67. The maximum atomic E-state index is 6.30. The Labute approximate surface area is 108 Å². The molecule has 0 atom stereocenters. The van der Waals surface area contributed by atoms with Crippen LogP contribution >= 0.6 is 0 Å². The van der Waals surface area contributed by atoms with Gasteiger partial charge < -0.3 is 4.12 Å². The molecule has 0 saturated carbocycles. The first kappa shape index (κ1) is 12.3. The fourth-order valence-electron chi connectivity index (χ4n) is 1.88. The molecule has 88 valence electrons. The molecule has 2 aromatic rings. The molecule has 17 heavy (non-hydrogen) atoms. The Kier molecular flexibility index (Phi) is 4.31. The van der Waals surface area contributed by atoms with Gasteiger partial charge in [-0.1, -0.05) is 60.7 Å². The van der Waals surface area contributed by atoms with Gasteiger partial charge in [-0.3, -0.25) is 0 Å². The fraction of sp³-hybridized carbons (Fsp3) is 0.143. The van der Waals surface area contributed by atoms with Gasteiger partial charge in [0.15, 0.2) is 9.04 Å². The van der Waals surface area contributed by atoms with Crippen molar-refractivity contribution in [3.8, 4) is 0 Å². The van der Waals surface area contributed by atoms with E-state index in [0.29, 0.717) is 0 Å². The lowest BCUT2D eigenvalue weighted by Crippen LogP contribution is -2.47. The molecule has 2 rings (SSSR count). The normalized spacial score (nSPS) is 11.1. The molecule has 0 fully saturated rings. The van der Waals surface area contributed by atoms with Gasteiger partial charge in [-0.25, -0.2) is 0 Å². The minimum absolute atomic E-state index is 0. The summed E-state index contributed by atoms with van der Waals surface area (Å²) >= 11 is 0. The number of rotatable bonds is 4. The standard InChI is InChI=1S/C14H18OSi2/c1-16(2)15-17(13-9-5-3-6-10-13)14-11-7-4-8-12-14/h3-12,16-17H,1-2H3/p+1. The highest BCUT2D eigenvalue weighted by atomic mass is 28.4. The Hall–Kier alpha value is -1.17. The summed E-state index contributed by atoms with van der Waals surface area (Å²) in [5.41, 5.74) is 0. The van der Waals surface area contributed by atoms with Crippen LogP contribution in [0.3, 0.4) is 0 Å². The molecule has 0 saturated heterocycles. The van der Waals surface area contributed by atoms with E-state index in [2.05, 4.69) is 73.8 Å². The summed E-state index contributed by atoms with van der Waals surface area (Å²) in [6.07, 6.45) is 0. The zero-order valence-electron chi connectivity index (χ0n) is 11.3. The second kappa shape index (κ2) is 5.95. The smallest absolute Gasteiger partial charge is 0.454 e. The monoisotopic (exact) mass is 259 g/mol. The third-order valence-corrected chi connectivity index (χ3v) is 7.86. The zero-order valence-corrected chi connectivity index (χ0v) is 12.6. The third-order valence-electron chi connectivity index (χ3n) is 2.61. The maximum absolute atomic E-state index is 6.30. The lowest BCUT2D eigenvalue weighted by atomic mass is 10.4. The van der Waals surface area contributed by atoms with Crippen molar-refractivity contribution >= 4 is 28.5 Å². The van der Waals surface area contributed by atoms with Crippen molar-refractivity contribution in [1.82, 2.24) is 0 Å². The largest absolute Gasteiger partial charge is 1.00 e. The lowest BCUT2D eigenvalue weighted by Gasteiger charge is -2.19. The summed E-state index contributed by atoms with van der Waals surface area (Å²) in [5.74, 6) is 0. The average Bonchev–Trinajstić information content (AvgIpc) is 2.38.